The Balaban J connectivity index is 1.56. The van der Waals surface area contributed by atoms with E-state index in [-0.39, 0.29) is 17.9 Å². The number of rotatable bonds is 4. The Morgan fingerprint density at radius 3 is 2.58 bits per heavy atom. The predicted molar refractivity (Wildman–Crippen MR) is 104 cm³/mol. The summed E-state index contributed by atoms with van der Waals surface area (Å²) in [5.74, 6) is -0.216. The average molecular weight is 413 g/mol. The quantitative estimate of drug-likeness (QED) is 0.836. The summed E-state index contributed by atoms with van der Waals surface area (Å²) >= 11 is 13.4. The minimum atomic E-state index is -0.296. The minimum Gasteiger partial charge on any atom is -0.336 e. The lowest BCUT2D eigenvalue weighted by Crippen LogP contribution is -2.54. The van der Waals surface area contributed by atoms with E-state index in [1.54, 1.807) is 29.3 Å². The molecular formula is C17H18Cl2N4O2S. The van der Waals surface area contributed by atoms with Gasteiger partial charge in [-0.3, -0.25) is 14.5 Å². The Kier molecular flexibility index (Phi) is 6.13. The molecule has 1 aromatic carbocycles. The Hall–Kier alpha value is -1.67. The van der Waals surface area contributed by atoms with Gasteiger partial charge in [0.1, 0.15) is 0 Å². The molecule has 6 nitrogen and oxygen atoms in total. The van der Waals surface area contributed by atoms with Crippen LogP contribution in [0, 0.1) is 0 Å². The molecule has 0 spiro atoms. The van der Waals surface area contributed by atoms with Crippen LogP contribution in [0.1, 0.15) is 17.3 Å². The molecule has 0 aliphatic carbocycles. The fourth-order valence-electron chi connectivity index (χ4n) is 2.81. The molecule has 0 radical (unpaired) electrons. The zero-order valence-corrected chi connectivity index (χ0v) is 16.4. The number of carbonyl (C=O) groups is 2. The molecular weight excluding hydrogens is 395 g/mol. The summed E-state index contributed by atoms with van der Waals surface area (Å²) in [4.78, 5) is 32.8. The topological polar surface area (TPSA) is 65.5 Å². The third-order valence-electron chi connectivity index (χ3n) is 4.35. The van der Waals surface area contributed by atoms with Crippen LogP contribution in [-0.2, 0) is 4.79 Å². The highest BCUT2D eigenvalue weighted by Crippen LogP contribution is 2.23. The van der Waals surface area contributed by atoms with E-state index in [9.17, 15) is 9.59 Å². The van der Waals surface area contributed by atoms with Gasteiger partial charge < -0.3 is 10.2 Å². The van der Waals surface area contributed by atoms with Crippen LogP contribution in [0.4, 0.5) is 5.13 Å². The Morgan fingerprint density at radius 1 is 1.23 bits per heavy atom. The van der Waals surface area contributed by atoms with Gasteiger partial charge in [0.25, 0.3) is 5.91 Å². The maximum Gasteiger partial charge on any atom is 0.255 e. The molecule has 2 aromatic rings. The van der Waals surface area contributed by atoms with Gasteiger partial charge >= 0.3 is 0 Å². The van der Waals surface area contributed by atoms with Crippen molar-refractivity contribution in [2.45, 2.75) is 13.0 Å². The van der Waals surface area contributed by atoms with Crippen molar-refractivity contribution < 1.29 is 9.59 Å². The summed E-state index contributed by atoms with van der Waals surface area (Å²) in [5.41, 5.74) is 0.444. The van der Waals surface area contributed by atoms with Crippen molar-refractivity contribution in [3.8, 4) is 0 Å². The minimum absolute atomic E-state index is 0.0968. The molecule has 138 valence electrons. The number of benzene rings is 1. The number of anilines is 1. The molecule has 3 rings (SSSR count). The van der Waals surface area contributed by atoms with Crippen LogP contribution in [0.25, 0.3) is 0 Å². The molecule has 26 heavy (non-hydrogen) atoms. The molecule has 2 heterocycles. The Bertz CT molecular complexity index is 792. The van der Waals surface area contributed by atoms with E-state index in [1.165, 1.54) is 11.3 Å². The zero-order valence-electron chi connectivity index (χ0n) is 14.1. The first-order valence-electron chi connectivity index (χ1n) is 8.14. The van der Waals surface area contributed by atoms with Gasteiger partial charge in [-0.15, -0.1) is 11.3 Å². The highest BCUT2D eigenvalue weighted by molar-refractivity contribution is 7.13. The van der Waals surface area contributed by atoms with Crippen molar-refractivity contribution in [3.05, 3.63) is 45.4 Å². The maximum absolute atomic E-state index is 12.6. The molecule has 1 aromatic heterocycles. The number of aromatic nitrogens is 1. The lowest BCUT2D eigenvalue weighted by atomic mass is 10.1. The summed E-state index contributed by atoms with van der Waals surface area (Å²) in [5, 5.41) is 6.06. The SMILES string of the molecule is CC(C(=O)Nc1nccs1)N1CCN(C(=O)c2ccc(Cl)cc2Cl)CC1. The molecule has 1 fully saturated rings. The maximum atomic E-state index is 12.6. The van der Waals surface area contributed by atoms with Crippen molar-refractivity contribution in [3.63, 3.8) is 0 Å². The van der Waals surface area contributed by atoms with Crippen LogP contribution in [-0.4, -0.2) is 58.8 Å². The number of hydrogen-bond donors (Lipinski definition) is 1. The zero-order chi connectivity index (χ0) is 18.7. The van der Waals surface area contributed by atoms with E-state index in [2.05, 4.69) is 15.2 Å². The second-order valence-corrected chi connectivity index (χ2v) is 7.69. The summed E-state index contributed by atoms with van der Waals surface area (Å²) in [7, 11) is 0. The standard InChI is InChI=1S/C17H18Cl2N4O2S/c1-11(15(24)21-17-20-4-9-26-17)22-5-7-23(8-6-22)16(25)13-3-2-12(18)10-14(13)19/h2-4,9-11H,5-8H2,1H3,(H,20,21,24). The second-order valence-electron chi connectivity index (χ2n) is 5.95. The van der Waals surface area contributed by atoms with Crippen LogP contribution >= 0.6 is 34.5 Å². The van der Waals surface area contributed by atoms with Gasteiger partial charge in [-0.25, -0.2) is 4.98 Å². The number of carbonyl (C=O) groups excluding carboxylic acids is 2. The van der Waals surface area contributed by atoms with E-state index < -0.39 is 0 Å². The number of amides is 2. The van der Waals surface area contributed by atoms with Crippen LogP contribution in [0.3, 0.4) is 0 Å². The molecule has 1 atom stereocenters. The van der Waals surface area contributed by atoms with Crippen LogP contribution in [0.2, 0.25) is 10.0 Å². The van der Waals surface area contributed by atoms with Gasteiger partial charge in [-0.2, -0.15) is 0 Å². The first-order chi connectivity index (χ1) is 12.5. The summed E-state index contributed by atoms with van der Waals surface area (Å²) in [6.45, 7) is 4.16. The van der Waals surface area contributed by atoms with Gasteiger partial charge in [-0.05, 0) is 25.1 Å². The van der Waals surface area contributed by atoms with E-state index in [0.717, 1.165) is 0 Å². The second kappa shape index (κ2) is 8.35. The van der Waals surface area contributed by atoms with Crippen molar-refractivity contribution in [2.75, 3.05) is 31.5 Å². The molecule has 1 aliphatic heterocycles. The van der Waals surface area contributed by atoms with Crippen molar-refractivity contribution in [2.24, 2.45) is 0 Å². The molecule has 1 N–H and O–H groups in total. The van der Waals surface area contributed by atoms with Crippen molar-refractivity contribution in [1.82, 2.24) is 14.8 Å². The first kappa shape index (κ1) is 19.1. The molecule has 9 heteroatoms. The van der Waals surface area contributed by atoms with Gasteiger partial charge in [0.05, 0.1) is 16.6 Å². The third kappa shape index (κ3) is 4.35. The fourth-order valence-corrected chi connectivity index (χ4v) is 3.83. The number of hydrogen-bond acceptors (Lipinski definition) is 5. The van der Waals surface area contributed by atoms with Crippen LogP contribution < -0.4 is 5.32 Å². The molecule has 2 amide bonds. The van der Waals surface area contributed by atoms with Crippen molar-refractivity contribution in [1.29, 1.82) is 0 Å². The van der Waals surface area contributed by atoms with E-state index in [4.69, 9.17) is 23.2 Å². The molecule has 1 unspecified atom stereocenters. The van der Waals surface area contributed by atoms with E-state index >= 15 is 0 Å². The lowest BCUT2D eigenvalue weighted by Gasteiger charge is -2.37. The number of piperazine rings is 1. The predicted octanol–water partition coefficient (Wildman–Crippen LogP) is 3.23. The average Bonchev–Trinajstić information content (AvgIpc) is 3.13. The third-order valence-corrected chi connectivity index (χ3v) is 5.59. The van der Waals surface area contributed by atoms with E-state index in [0.29, 0.717) is 46.9 Å². The first-order valence-corrected chi connectivity index (χ1v) is 9.78. The van der Waals surface area contributed by atoms with Crippen LogP contribution in [0.5, 0.6) is 0 Å². The van der Waals surface area contributed by atoms with Crippen molar-refractivity contribution >= 4 is 51.5 Å². The Morgan fingerprint density at radius 2 is 1.96 bits per heavy atom. The van der Waals surface area contributed by atoms with Gasteiger partial charge in [0.2, 0.25) is 5.91 Å². The molecule has 1 saturated heterocycles. The largest absolute Gasteiger partial charge is 0.336 e. The summed E-state index contributed by atoms with van der Waals surface area (Å²) in [6.07, 6.45) is 1.65. The normalized spacial score (nSPS) is 16.3. The fraction of sp³-hybridized carbons (Fsp3) is 0.353. The van der Waals surface area contributed by atoms with Gasteiger partial charge in [0.15, 0.2) is 5.13 Å². The number of thiazole rings is 1. The van der Waals surface area contributed by atoms with Gasteiger partial charge in [0, 0.05) is 42.8 Å². The summed E-state index contributed by atoms with van der Waals surface area (Å²) < 4.78 is 0. The lowest BCUT2D eigenvalue weighted by molar-refractivity contribution is -0.121. The Labute approximate surface area is 165 Å². The summed E-state index contributed by atoms with van der Waals surface area (Å²) in [6, 6.07) is 4.57. The number of nitrogens with one attached hydrogen (secondary N) is 1. The monoisotopic (exact) mass is 412 g/mol. The molecule has 1 aliphatic rings. The molecule has 0 saturated carbocycles. The smallest absolute Gasteiger partial charge is 0.255 e. The number of nitrogens with zero attached hydrogens (tertiary/aromatic N) is 3. The molecule has 0 bridgehead atoms. The number of halogens is 2. The van der Waals surface area contributed by atoms with Crippen LogP contribution in [0.15, 0.2) is 29.8 Å². The van der Waals surface area contributed by atoms with Gasteiger partial charge in [-0.1, -0.05) is 23.2 Å². The highest BCUT2D eigenvalue weighted by Gasteiger charge is 2.28. The van der Waals surface area contributed by atoms with E-state index in [1.807, 2.05) is 12.3 Å². The highest BCUT2D eigenvalue weighted by atomic mass is 35.5.